The molecule has 1 N–H and O–H groups in total. The quantitative estimate of drug-likeness (QED) is 0.555. The Labute approximate surface area is 156 Å². The number of carbonyl (C=O) groups excluding carboxylic acids is 1. The summed E-state index contributed by atoms with van der Waals surface area (Å²) in [5.74, 6) is 0.454. The molecule has 1 aromatic heterocycles. The van der Waals surface area contributed by atoms with Crippen molar-refractivity contribution in [3.8, 4) is 6.07 Å². The number of anilines is 1. The number of nitriles is 1. The van der Waals surface area contributed by atoms with E-state index < -0.39 is 5.25 Å². The normalized spacial score (nSPS) is 11.8. The third-order valence-electron chi connectivity index (χ3n) is 3.99. The van der Waals surface area contributed by atoms with Crippen LogP contribution in [0.3, 0.4) is 0 Å². The molecule has 0 bridgehead atoms. The van der Waals surface area contributed by atoms with E-state index in [0.717, 1.165) is 16.5 Å². The Morgan fingerprint density at radius 1 is 1.15 bits per heavy atom. The van der Waals surface area contributed by atoms with E-state index in [-0.39, 0.29) is 5.91 Å². The molecule has 0 aliphatic heterocycles. The Morgan fingerprint density at radius 2 is 1.88 bits per heavy atom. The lowest BCUT2D eigenvalue weighted by molar-refractivity contribution is -0.115. The summed E-state index contributed by atoms with van der Waals surface area (Å²) in [6, 6.07) is 15.8. The number of fused-ring (bicyclic) bond motifs is 1. The maximum atomic E-state index is 12.7. The number of nitrogens with zero attached hydrogens (tertiary/aromatic N) is 3. The van der Waals surface area contributed by atoms with Crippen LogP contribution in [0.2, 0.25) is 0 Å². The zero-order valence-corrected chi connectivity index (χ0v) is 15.6. The number of hydrogen-bond donors (Lipinski definition) is 1. The van der Waals surface area contributed by atoms with Gasteiger partial charge in [-0.15, -0.1) is 0 Å². The van der Waals surface area contributed by atoms with E-state index in [2.05, 4.69) is 21.4 Å². The molecule has 6 heteroatoms. The molecule has 3 rings (SSSR count). The minimum atomic E-state index is -0.408. The molecule has 5 nitrogen and oxygen atoms in total. The summed E-state index contributed by atoms with van der Waals surface area (Å²) in [4.78, 5) is 21.2. The fraction of sp³-hybridized carbons (Fsp3) is 0.200. The molecule has 1 heterocycles. The standard InChI is InChI=1S/C20H18N4OS/c1-12-17(11-21)20(23-14(3)22-12)26-13(2)19(25)24-18-10-6-8-15-7-4-5-9-16(15)18/h4-10,13H,1-3H3,(H,24,25). The first-order valence-electron chi connectivity index (χ1n) is 8.20. The first kappa shape index (κ1) is 17.9. The van der Waals surface area contributed by atoms with Crippen molar-refractivity contribution in [2.24, 2.45) is 0 Å². The fourth-order valence-electron chi connectivity index (χ4n) is 2.68. The van der Waals surface area contributed by atoms with Gasteiger partial charge in [0.1, 0.15) is 22.5 Å². The maximum Gasteiger partial charge on any atom is 0.237 e. The van der Waals surface area contributed by atoms with Crippen LogP contribution in [0, 0.1) is 25.2 Å². The van der Waals surface area contributed by atoms with Crippen molar-refractivity contribution in [2.45, 2.75) is 31.0 Å². The predicted molar refractivity (Wildman–Crippen MR) is 104 cm³/mol. The predicted octanol–water partition coefficient (Wildman–Crippen LogP) is 4.24. The van der Waals surface area contributed by atoms with Crippen molar-refractivity contribution in [1.82, 2.24) is 9.97 Å². The van der Waals surface area contributed by atoms with Crippen LogP contribution in [0.4, 0.5) is 5.69 Å². The van der Waals surface area contributed by atoms with Gasteiger partial charge in [-0.3, -0.25) is 4.79 Å². The van der Waals surface area contributed by atoms with Crippen molar-refractivity contribution >= 4 is 34.1 Å². The average Bonchev–Trinajstić information content (AvgIpc) is 2.61. The monoisotopic (exact) mass is 362 g/mol. The van der Waals surface area contributed by atoms with Gasteiger partial charge < -0.3 is 5.32 Å². The maximum absolute atomic E-state index is 12.7. The largest absolute Gasteiger partial charge is 0.325 e. The van der Waals surface area contributed by atoms with Gasteiger partial charge in [0, 0.05) is 11.1 Å². The second-order valence-electron chi connectivity index (χ2n) is 5.92. The molecule has 3 aromatic rings. The zero-order valence-electron chi connectivity index (χ0n) is 14.8. The number of carbonyl (C=O) groups is 1. The Bertz CT molecular complexity index is 1020. The van der Waals surface area contributed by atoms with Crippen LogP contribution in [0.1, 0.15) is 24.0 Å². The zero-order chi connectivity index (χ0) is 18.7. The van der Waals surface area contributed by atoms with E-state index in [1.807, 2.05) is 42.5 Å². The molecule has 130 valence electrons. The van der Waals surface area contributed by atoms with E-state index in [1.54, 1.807) is 20.8 Å². The van der Waals surface area contributed by atoms with Gasteiger partial charge in [0.15, 0.2) is 0 Å². The van der Waals surface area contributed by atoms with E-state index in [9.17, 15) is 10.1 Å². The number of hydrogen-bond acceptors (Lipinski definition) is 5. The van der Waals surface area contributed by atoms with Gasteiger partial charge in [-0.05, 0) is 32.2 Å². The summed E-state index contributed by atoms with van der Waals surface area (Å²) >= 11 is 1.27. The molecule has 0 radical (unpaired) electrons. The summed E-state index contributed by atoms with van der Waals surface area (Å²) in [7, 11) is 0. The third-order valence-corrected chi connectivity index (χ3v) is 5.07. The van der Waals surface area contributed by atoms with Gasteiger partial charge in [-0.2, -0.15) is 5.26 Å². The Morgan fingerprint density at radius 3 is 2.65 bits per heavy atom. The first-order chi connectivity index (χ1) is 12.5. The molecule has 2 aromatic carbocycles. The molecule has 1 unspecified atom stereocenters. The second-order valence-corrected chi connectivity index (χ2v) is 7.25. The van der Waals surface area contributed by atoms with Crippen LogP contribution >= 0.6 is 11.8 Å². The first-order valence-corrected chi connectivity index (χ1v) is 9.08. The van der Waals surface area contributed by atoms with E-state index in [1.165, 1.54) is 11.8 Å². The van der Waals surface area contributed by atoms with E-state index in [4.69, 9.17) is 0 Å². The molecule has 1 atom stereocenters. The van der Waals surface area contributed by atoms with Gasteiger partial charge >= 0.3 is 0 Å². The molecule has 26 heavy (non-hydrogen) atoms. The van der Waals surface area contributed by atoms with Crippen molar-refractivity contribution in [3.63, 3.8) is 0 Å². The van der Waals surface area contributed by atoms with Crippen molar-refractivity contribution in [3.05, 3.63) is 59.5 Å². The molecule has 0 aliphatic carbocycles. The molecule has 1 amide bonds. The summed E-state index contributed by atoms with van der Waals surface area (Å²) in [5, 5.41) is 14.5. The van der Waals surface area contributed by atoms with Gasteiger partial charge in [0.05, 0.1) is 10.9 Å². The van der Waals surface area contributed by atoms with Gasteiger partial charge in [0.2, 0.25) is 5.91 Å². The topological polar surface area (TPSA) is 78.7 Å². The highest BCUT2D eigenvalue weighted by atomic mass is 32.2. The minimum absolute atomic E-state index is 0.135. The summed E-state index contributed by atoms with van der Waals surface area (Å²) in [6.45, 7) is 5.36. The van der Waals surface area contributed by atoms with Gasteiger partial charge in [-0.25, -0.2) is 9.97 Å². The highest BCUT2D eigenvalue weighted by Crippen LogP contribution is 2.28. The molecular formula is C20H18N4OS. The van der Waals surface area contributed by atoms with Crippen LogP contribution in [0.5, 0.6) is 0 Å². The lowest BCUT2D eigenvalue weighted by Crippen LogP contribution is -2.23. The highest BCUT2D eigenvalue weighted by molar-refractivity contribution is 8.00. The molecule has 0 saturated heterocycles. The van der Waals surface area contributed by atoms with Crippen LogP contribution < -0.4 is 5.32 Å². The number of aryl methyl sites for hydroxylation is 2. The molecule has 0 saturated carbocycles. The smallest absolute Gasteiger partial charge is 0.237 e. The Balaban J connectivity index is 1.82. The third kappa shape index (κ3) is 3.68. The average molecular weight is 362 g/mol. The van der Waals surface area contributed by atoms with Gasteiger partial charge in [0.25, 0.3) is 0 Å². The van der Waals surface area contributed by atoms with Crippen LogP contribution in [-0.4, -0.2) is 21.1 Å². The molecular weight excluding hydrogens is 344 g/mol. The van der Waals surface area contributed by atoms with Crippen LogP contribution in [0.25, 0.3) is 10.8 Å². The summed E-state index contributed by atoms with van der Waals surface area (Å²) in [6.07, 6.45) is 0. The number of aromatic nitrogens is 2. The van der Waals surface area contributed by atoms with Crippen molar-refractivity contribution in [1.29, 1.82) is 5.26 Å². The van der Waals surface area contributed by atoms with Crippen LogP contribution in [0.15, 0.2) is 47.5 Å². The SMILES string of the molecule is Cc1nc(C)c(C#N)c(SC(C)C(=O)Nc2cccc3ccccc23)n1. The number of amides is 1. The van der Waals surface area contributed by atoms with Gasteiger partial charge in [-0.1, -0.05) is 48.2 Å². The molecule has 0 fully saturated rings. The van der Waals surface area contributed by atoms with Crippen molar-refractivity contribution in [2.75, 3.05) is 5.32 Å². The highest BCUT2D eigenvalue weighted by Gasteiger charge is 2.20. The number of thioether (sulfide) groups is 1. The van der Waals surface area contributed by atoms with E-state index >= 15 is 0 Å². The van der Waals surface area contributed by atoms with Crippen LogP contribution in [-0.2, 0) is 4.79 Å². The summed E-state index contributed by atoms with van der Waals surface area (Å²) in [5.41, 5.74) is 1.82. The number of rotatable bonds is 4. The number of benzene rings is 2. The Kier molecular flexibility index (Phi) is 5.19. The lowest BCUT2D eigenvalue weighted by Gasteiger charge is -2.14. The molecule has 0 aliphatic rings. The number of nitrogens with one attached hydrogen (secondary N) is 1. The van der Waals surface area contributed by atoms with E-state index in [0.29, 0.717) is 22.1 Å². The minimum Gasteiger partial charge on any atom is -0.325 e. The molecule has 0 spiro atoms. The Hall–Kier alpha value is -2.91. The summed E-state index contributed by atoms with van der Waals surface area (Å²) < 4.78 is 0. The second kappa shape index (κ2) is 7.54. The van der Waals surface area contributed by atoms with Crippen molar-refractivity contribution < 1.29 is 4.79 Å². The lowest BCUT2D eigenvalue weighted by atomic mass is 10.1. The fourth-order valence-corrected chi connectivity index (χ4v) is 3.68.